The number of hydrogen-bond acceptors (Lipinski definition) is 2. The Bertz CT molecular complexity index is 2740. The van der Waals surface area contributed by atoms with Crippen LogP contribution in [0.1, 0.15) is 13.8 Å². The molecule has 10 aromatic rings. The van der Waals surface area contributed by atoms with E-state index in [1.54, 1.807) is 0 Å². The second-order valence-electron chi connectivity index (χ2n) is 14.3. The van der Waals surface area contributed by atoms with E-state index in [9.17, 15) is 0 Å². The monoisotopic (exact) mass is 718 g/mol. The summed E-state index contributed by atoms with van der Waals surface area (Å²) in [6.07, 6.45) is 0. The zero-order valence-corrected chi connectivity index (χ0v) is 31.3. The molecule has 0 spiro atoms. The van der Waals surface area contributed by atoms with Gasteiger partial charge in [-0.1, -0.05) is 170 Å². The Hall–Kier alpha value is -7.30. The van der Waals surface area contributed by atoms with E-state index in [2.05, 4.69) is 217 Å². The fourth-order valence-corrected chi connectivity index (χ4v) is 8.13. The van der Waals surface area contributed by atoms with Gasteiger partial charge in [-0.25, -0.2) is 9.35 Å². The molecule has 0 unspecified atom stereocenters. The van der Waals surface area contributed by atoms with Crippen LogP contribution in [0.2, 0.25) is 0 Å². The SMILES string of the molecule is CC(=N\n1c(-c2cccc3ccccc23)ccc1-c1cccc2ccccc12)/C(C)=N/n1c(-c2cccc3ccccc23)ccc1-c1cccc2ccccc12. The van der Waals surface area contributed by atoms with E-state index in [-0.39, 0.29) is 0 Å². The predicted molar refractivity (Wildman–Crippen MR) is 238 cm³/mol. The number of rotatable bonds is 7. The molecular formula is C52H38N4. The average Bonchev–Trinajstić information content (AvgIpc) is 3.86. The van der Waals surface area contributed by atoms with Crippen molar-refractivity contribution in [1.82, 2.24) is 9.35 Å². The van der Waals surface area contributed by atoms with Crippen LogP contribution in [0.25, 0.3) is 88.1 Å². The van der Waals surface area contributed by atoms with Gasteiger partial charge in [0.1, 0.15) is 0 Å². The van der Waals surface area contributed by atoms with E-state index in [0.29, 0.717) is 0 Å². The molecule has 8 aromatic carbocycles. The zero-order valence-electron chi connectivity index (χ0n) is 31.3. The molecule has 266 valence electrons. The van der Waals surface area contributed by atoms with Crippen LogP contribution in [-0.2, 0) is 0 Å². The minimum absolute atomic E-state index is 0.811. The van der Waals surface area contributed by atoms with Gasteiger partial charge in [0.25, 0.3) is 0 Å². The van der Waals surface area contributed by atoms with Gasteiger partial charge in [0.2, 0.25) is 0 Å². The molecule has 2 aromatic heterocycles. The van der Waals surface area contributed by atoms with Crippen molar-refractivity contribution in [2.24, 2.45) is 10.2 Å². The van der Waals surface area contributed by atoms with Crippen molar-refractivity contribution in [3.8, 4) is 45.0 Å². The average molecular weight is 719 g/mol. The Morgan fingerprint density at radius 2 is 0.518 bits per heavy atom. The summed E-state index contributed by atoms with van der Waals surface area (Å²) in [4.78, 5) is 0. The molecule has 0 radical (unpaired) electrons. The van der Waals surface area contributed by atoms with Crippen LogP contribution in [0.5, 0.6) is 0 Å². The summed E-state index contributed by atoms with van der Waals surface area (Å²) in [6.45, 7) is 4.13. The Morgan fingerprint density at radius 3 is 0.786 bits per heavy atom. The molecule has 56 heavy (non-hydrogen) atoms. The second kappa shape index (κ2) is 13.8. The molecule has 4 heteroatoms. The Morgan fingerprint density at radius 1 is 0.286 bits per heavy atom. The molecule has 0 fully saturated rings. The van der Waals surface area contributed by atoms with Crippen molar-refractivity contribution in [3.05, 3.63) is 194 Å². The van der Waals surface area contributed by atoms with E-state index in [0.717, 1.165) is 56.5 Å². The Balaban J connectivity index is 1.19. The van der Waals surface area contributed by atoms with E-state index in [4.69, 9.17) is 10.2 Å². The molecule has 0 bridgehead atoms. The molecular weight excluding hydrogens is 681 g/mol. The van der Waals surface area contributed by atoms with Crippen molar-refractivity contribution in [1.29, 1.82) is 0 Å². The molecule has 4 nitrogen and oxygen atoms in total. The molecule has 0 amide bonds. The van der Waals surface area contributed by atoms with Gasteiger partial charge in [0.05, 0.1) is 34.2 Å². The van der Waals surface area contributed by atoms with E-state index in [1.165, 1.54) is 43.1 Å². The predicted octanol–water partition coefficient (Wildman–Crippen LogP) is 13.7. The van der Waals surface area contributed by atoms with Crippen LogP contribution in [0, 0.1) is 0 Å². The highest BCUT2D eigenvalue weighted by molar-refractivity contribution is 6.40. The Labute approximate surface area is 325 Å². The maximum Gasteiger partial charge on any atom is 0.0812 e. The third kappa shape index (κ3) is 5.71. The van der Waals surface area contributed by atoms with Gasteiger partial charge in [0, 0.05) is 22.3 Å². The van der Waals surface area contributed by atoms with Crippen molar-refractivity contribution >= 4 is 54.5 Å². The van der Waals surface area contributed by atoms with Crippen LogP contribution >= 0.6 is 0 Å². The Kier molecular flexibility index (Phi) is 8.23. The van der Waals surface area contributed by atoms with Gasteiger partial charge in [0.15, 0.2) is 0 Å². The summed E-state index contributed by atoms with van der Waals surface area (Å²) in [5, 5.41) is 20.4. The third-order valence-electron chi connectivity index (χ3n) is 11.0. The maximum absolute atomic E-state index is 5.46. The van der Waals surface area contributed by atoms with Crippen molar-refractivity contribution in [2.75, 3.05) is 0 Å². The van der Waals surface area contributed by atoms with Crippen LogP contribution in [0.3, 0.4) is 0 Å². The number of aromatic nitrogens is 2. The quantitative estimate of drug-likeness (QED) is 0.147. The highest BCUT2D eigenvalue weighted by atomic mass is 15.4. The molecule has 0 saturated carbocycles. The molecule has 0 aliphatic heterocycles. The standard InChI is InChI=1S/C52H38N4/c1-35(53-55-49(45-27-11-19-37-15-3-7-23-41(37)45)31-32-50(55)46-28-12-20-38-16-4-8-24-42(38)46)36(2)54-56-51(47-29-13-21-39-17-5-9-25-43(39)47)33-34-52(56)48-30-14-22-40-18-6-10-26-44(40)48/h3-34H,1-2H3/b53-35+,54-36+. The molecule has 2 heterocycles. The summed E-state index contributed by atoms with van der Waals surface area (Å²) in [6, 6.07) is 69.0. The van der Waals surface area contributed by atoms with Gasteiger partial charge in [-0.05, 0) is 81.2 Å². The number of nitrogens with zero attached hydrogens (tertiary/aromatic N) is 4. The summed E-state index contributed by atoms with van der Waals surface area (Å²) >= 11 is 0. The molecule has 0 aliphatic rings. The summed E-state index contributed by atoms with van der Waals surface area (Å²) in [7, 11) is 0. The van der Waals surface area contributed by atoms with Crippen molar-refractivity contribution in [2.45, 2.75) is 13.8 Å². The summed E-state index contributed by atoms with van der Waals surface area (Å²) < 4.78 is 4.23. The normalized spacial score (nSPS) is 12.3. The fraction of sp³-hybridized carbons (Fsp3) is 0.0385. The van der Waals surface area contributed by atoms with E-state index in [1.807, 2.05) is 0 Å². The lowest BCUT2D eigenvalue weighted by molar-refractivity contribution is 0.896. The van der Waals surface area contributed by atoms with Crippen LogP contribution in [0.15, 0.2) is 204 Å². The molecule has 0 aliphatic carbocycles. The molecule has 0 saturated heterocycles. The van der Waals surface area contributed by atoms with E-state index < -0.39 is 0 Å². The fourth-order valence-electron chi connectivity index (χ4n) is 8.13. The largest absolute Gasteiger partial charge is 0.232 e. The first kappa shape index (κ1) is 33.3. The smallest absolute Gasteiger partial charge is 0.0812 e. The summed E-state index contributed by atoms with van der Waals surface area (Å²) in [5.41, 5.74) is 10.2. The van der Waals surface area contributed by atoms with Gasteiger partial charge in [-0.15, -0.1) is 0 Å². The molecule has 10 rings (SSSR count). The van der Waals surface area contributed by atoms with Crippen LogP contribution in [-0.4, -0.2) is 20.8 Å². The summed E-state index contributed by atoms with van der Waals surface area (Å²) in [5.74, 6) is 0. The molecule has 0 atom stereocenters. The minimum Gasteiger partial charge on any atom is -0.232 e. The zero-order chi connectivity index (χ0) is 37.6. The van der Waals surface area contributed by atoms with E-state index >= 15 is 0 Å². The first-order chi connectivity index (χ1) is 27.6. The topological polar surface area (TPSA) is 34.6 Å². The van der Waals surface area contributed by atoms with Gasteiger partial charge in [-0.2, -0.15) is 10.2 Å². The highest BCUT2D eigenvalue weighted by Gasteiger charge is 2.19. The maximum atomic E-state index is 5.46. The number of fused-ring (bicyclic) bond motifs is 4. The highest BCUT2D eigenvalue weighted by Crippen LogP contribution is 2.38. The van der Waals surface area contributed by atoms with Gasteiger partial charge in [-0.3, -0.25) is 0 Å². The van der Waals surface area contributed by atoms with Gasteiger partial charge < -0.3 is 0 Å². The van der Waals surface area contributed by atoms with Crippen LogP contribution in [0.4, 0.5) is 0 Å². The molecule has 0 N–H and O–H groups in total. The third-order valence-corrected chi connectivity index (χ3v) is 11.0. The van der Waals surface area contributed by atoms with Crippen molar-refractivity contribution < 1.29 is 0 Å². The second-order valence-corrected chi connectivity index (χ2v) is 14.3. The number of hydrogen-bond donors (Lipinski definition) is 0. The first-order valence-corrected chi connectivity index (χ1v) is 19.1. The minimum atomic E-state index is 0.811. The van der Waals surface area contributed by atoms with Crippen molar-refractivity contribution in [3.63, 3.8) is 0 Å². The first-order valence-electron chi connectivity index (χ1n) is 19.1. The lowest BCUT2D eigenvalue weighted by Gasteiger charge is -2.15. The van der Waals surface area contributed by atoms with Crippen LogP contribution < -0.4 is 0 Å². The van der Waals surface area contributed by atoms with Gasteiger partial charge >= 0.3 is 0 Å². The number of benzene rings is 8. The lowest BCUT2D eigenvalue weighted by Crippen LogP contribution is -2.12. The lowest BCUT2D eigenvalue weighted by atomic mass is 10.0.